The highest BCUT2D eigenvalue weighted by Crippen LogP contribution is 2.22. The molecule has 0 unspecified atom stereocenters. The Labute approximate surface area is 168 Å². The maximum Gasteiger partial charge on any atom is 0.329 e. The molecule has 10 nitrogen and oxygen atoms in total. The number of carbonyl (C=O) groups is 4. The Hall–Kier alpha value is -3.99. The molecule has 3 amide bonds. The Morgan fingerprint density at radius 3 is 2.17 bits per heavy atom. The molecule has 0 saturated carbocycles. The van der Waals surface area contributed by atoms with Crippen LogP contribution in [0.3, 0.4) is 0 Å². The number of urea groups is 1. The van der Waals surface area contributed by atoms with E-state index < -0.39 is 18.0 Å². The van der Waals surface area contributed by atoms with E-state index in [-0.39, 0.29) is 12.5 Å². The molecule has 11 heteroatoms. The molecule has 2 heterocycles. The van der Waals surface area contributed by atoms with Crippen LogP contribution in [0.25, 0.3) is 0 Å². The van der Waals surface area contributed by atoms with Crippen LogP contribution in [0.15, 0.2) is 58.9 Å². The van der Waals surface area contributed by atoms with Crippen molar-refractivity contribution in [2.45, 2.75) is 0 Å². The summed E-state index contributed by atoms with van der Waals surface area (Å²) in [5, 5.41) is 19.8. The zero-order valence-corrected chi connectivity index (χ0v) is 15.6. The number of imide groups is 1. The molecule has 1 aliphatic rings. The number of nitrogens with zero attached hydrogens (tertiary/aromatic N) is 2. The van der Waals surface area contributed by atoms with E-state index in [1.807, 2.05) is 17.5 Å². The molecule has 2 aromatic rings. The zero-order chi connectivity index (χ0) is 21.4. The summed E-state index contributed by atoms with van der Waals surface area (Å²) in [4.78, 5) is 48.4. The molecule has 1 aromatic carbocycles. The van der Waals surface area contributed by atoms with E-state index in [1.54, 1.807) is 24.3 Å². The molecule has 1 aromatic heterocycles. The van der Waals surface area contributed by atoms with Gasteiger partial charge in [-0.05, 0) is 35.7 Å². The Balaban J connectivity index is 0.000000321. The number of rotatable bonds is 5. The van der Waals surface area contributed by atoms with E-state index in [4.69, 9.17) is 15.9 Å². The van der Waals surface area contributed by atoms with Gasteiger partial charge in [-0.25, -0.2) is 19.4 Å². The highest BCUT2D eigenvalue weighted by Gasteiger charge is 2.27. The summed E-state index contributed by atoms with van der Waals surface area (Å²) in [7, 11) is 0. The SMILES string of the molecule is NC(=Nc1ccc(N2CC(=O)NC2=O)cc1)c1cccs1.O=C(O)/C=C/C(=O)O. The number of nitrogens with two attached hydrogens (primary N) is 1. The van der Waals surface area contributed by atoms with Gasteiger partial charge in [0.1, 0.15) is 12.4 Å². The van der Waals surface area contributed by atoms with E-state index in [0.29, 0.717) is 29.4 Å². The molecule has 0 aliphatic carbocycles. The van der Waals surface area contributed by atoms with Crippen molar-refractivity contribution >= 4 is 52.4 Å². The van der Waals surface area contributed by atoms with E-state index in [0.717, 1.165) is 4.88 Å². The standard InChI is InChI=1S/C14H12N4O2S.C4H4O4/c15-13(11-2-1-7-21-11)16-9-3-5-10(6-4-9)18-8-12(19)17-14(18)20;5-3(6)1-2-4(7)8/h1-7H,8H2,(H2,15,16)(H,17,19,20);1-2H,(H,5,6)(H,7,8)/b;2-1+. The van der Waals surface area contributed by atoms with Crippen LogP contribution >= 0.6 is 11.3 Å². The summed E-state index contributed by atoms with van der Waals surface area (Å²) in [6.45, 7) is 0.0405. The van der Waals surface area contributed by atoms with Gasteiger partial charge >= 0.3 is 18.0 Å². The predicted octanol–water partition coefficient (Wildman–Crippen LogP) is 1.55. The molecule has 1 saturated heterocycles. The molecule has 0 bridgehead atoms. The van der Waals surface area contributed by atoms with Gasteiger partial charge in [0.2, 0.25) is 5.91 Å². The second-order valence-corrected chi connectivity index (χ2v) is 6.39. The van der Waals surface area contributed by atoms with Crippen LogP contribution in [-0.2, 0) is 14.4 Å². The lowest BCUT2D eigenvalue weighted by atomic mass is 10.2. The van der Waals surface area contributed by atoms with Crippen molar-refractivity contribution in [3.05, 3.63) is 58.8 Å². The largest absolute Gasteiger partial charge is 0.478 e. The van der Waals surface area contributed by atoms with E-state index in [9.17, 15) is 19.2 Å². The van der Waals surface area contributed by atoms with Crippen molar-refractivity contribution in [2.75, 3.05) is 11.4 Å². The third-order valence-corrected chi connectivity index (χ3v) is 4.24. The number of carboxylic acids is 2. The molecule has 1 fully saturated rings. The summed E-state index contributed by atoms with van der Waals surface area (Å²) in [6, 6.07) is 10.4. The first kappa shape index (κ1) is 21.3. The Morgan fingerprint density at radius 2 is 1.72 bits per heavy atom. The smallest absolute Gasteiger partial charge is 0.329 e. The lowest BCUT2D eigenvalue weighted by molar-refractivity contribution is -0.134. The van der Waals surface area contributed by atoms with Gasteiger partial charge in [0.05, 0.1) is 10.6 Å². The number of amidine groups is 1. The van der Waals surface area contributed by atoms with Crippen LogP contribution in [0.5, 0.6) is 0 Å². The maximum absolute atomic E-state index is 11.6. The topological polar surface area (TPSA) is 162 Å². The summed E-state index contributed by atoms with van der Waals surface area (Å²) in [5.41, 5.74) is 7.25. The van der Waals surface area contributed by atoms with Crippen molar-refractivity contribution < 1.29 is 29.4 Å². The third-order valence-electron chi connectivity index (χ3n) is 3.35. The quantitative estimate of drug-likeness (QED) is 0.249. The third kappa shape index (κ3) is 6.59. The van der Waals surface area contributed by atoms with Crippen LogP contribution in [0, 0.1) is 0 Å². The number of aliphatic carboxylic acids is 2. The molecular weight excluding hydrogens is 400 g/mol. The van der Waals surface area contributed by atoms with E-state index in [1.165, 1.54) is 16.2 Å². The van der Waals surface area contributed by atoms with E-state index >= 15 is 0 Å². The number of benzene rings is 1. The fourth-order valence-electron chi connectivity index (χ4n) is 2.12. The Morgan fingerprint density at radius 1 is 1.10 bits per heavy atom. The maximum atomic E-state index is 11.6. The average molecular weight is 416 g/mol. The van der Waals surface area contributed by atoms with Gasteiger partial charge in [0, 0.05) is 17.8 Å². The van der Waals surface area contributed by atoms with Crippen molar-refractivity contribution in [1.29, 1.82) is 0 Å². The fourth-order valence-corrected chi connectivity index (χ4v) is 2.75. The predicted molar refractivity (Wildman–Crippen MR) is 106 cm³/mol. The molecule has 1 aliphatic heterocycles. The van der Waals surface area contributed by atoms with Crippen LogP contribution in [0.4, 0.5) is 16.2 Å². The van der Waals surface area contributed by atoms with E-state index in [2.05, 4.69) is 10.3 Å². The van der Waals surface area contributed by atoms with Gasteiger partial charge in [-0.3, -0.25) is 15.0 Å². The molecule has 150 valence electrons. The summed E-state index contributed by atoms with van der Waals surface area (Å²) in [6.07, 6.45) is 1.12. The Bertz CT molecular complexity index is 951. The number of hydrogen-bond donors (Lipinski definition) is 4. The normalized spacial score (nSPS) is 13.8. The zero-order valence-electron chi connectivity index (χ0n) is 14.8. The molecule has 0 atom stereocenters. The highest BCUT2D eigenvalue weighted by molar-refractivity contribution is 7.12. The van der Waals surface area contributed by atoms with Crippen molar-refractivity contribution in [3.63, 3.8) is 0 Å². The van der Waals surface area contributed by atoms with Gasteiger partial charge in [-0.1, -0.05) is 6.07 Å². The number of nitrogens with one attached hydrogen (secondary N) is 1. The summed E-state index contributed by atoms with van der Waals surface area (Å²) < 4.78 is 0. The molecular formula is C18H16N4O6S. The van der Waals surface area contributed by atoms with Crippen molar-refractivity contribution in [2.24, 2.45) is 10.7 Å². The number of hydrogen-bond acceptors (Lipinski definition) is 6. The Kier molecular flexibility index (Phi) is 7.20. The number of thiophene rings is 1. The number of carbonyl (C=O) groups excluding carboxylic acids is 2. The van der Waals surface area contributed by atoms with Crippen molar-refractivity contribution in [3.8, 4) is 0 Å². The summed E-state index contributed by atoms with van der Waals surface area (Å²) >= 11 is 1.52. The first-order valence-electron chi connectivity index (χ1n) is 7.99. The highest BCUT2D eigenvalue weighted by atomic mass is 32.1. The number of anilines is 1. The molecule has 3 rings (SSSR count). The van der Waals surface area contributed by atoms with Crippen LogP contribution < -0.4 is 16.0 Å². The fraction of sp³-hybridized carbons (Fsp3) is 0.0556. The lowest BCUT2D eigenvalue weighted by Gasteiger charge is -2.12. The lowest BCUT2D eigenvalue weighted by Crippen LogP contribution is -2.27. The van der Waals surface area contributed by atoms with Crippen LogP contribution in [0.2, 0.25) is 0 Å². The van der Waals surface area contributed by atoms with Gasteiger partial charge < -0.3 is 15.9 Å². The first-order chi connectivity index (χ1) is 13.8. The number of carboxylic acid groups (broad SMARTS) is 2. The van der Waals surface area contributed by atoms with Gasteiger partial charge in [0.15, 0.2) is 0 Å². The minimum absolute atomic E-state index is 0.0405. The molecule has 29 heavy (non-hydrogen) atoms. The summed E-state index contributed by atoms with van der Waals surface area (Å²) in [5.74, 6) is -2.37. The van der Waals surface area contributed by atoms with Gasteiger partial charge in [-0.15, -0.1) is 11.3 Å². The van der Waals surface area contributed by atoms with Crippen LogP contribution in [0.1, 0.15) is 4.88 Å². The van der Waals surface area contributed by atoms with Crippen molar-refractivity contribution in [1.82, 2.24) is 5.32 Å². The monoisotopic (exact) mass is 416 g/mol. The second-order valence-electron chi connectivity index (χ2n) is 5.44. The van der Waals surface area contributed by atoms with Gasteiger partial charge in [0.25, 0.3) is 0 Å². The minimum atomic E-state index is -1.26. The number of amides is 3. The van der Waals surface area contributed by atoms with Gasteiger partial charge in [-0.2, -0.15) is 0 Å². The van der Waals surface area contributed by atoms with Crippen LogP contribution in [-0.4, -0.2) is 46.5 Å². The minimum Gasteiger partial charge on any atom is -0.478 e. The molecule has 0 spiro atoms. The average Bonchev–Trinajstić information content (AvgIpc) is 3.31. The first-order valence-corrected chi connectivity index (χ1v) is 8.87. The number of aliphatic imine (C=N–C) groups is 1. The molecule has 5 N–H and O–H groups in total. The molecule has 0 radical (unpaired) electrons. The second kappa shape index (κ2) is 9.80.